The molecule has 7 nitrogen and oxygen atoms in total. The molecule has 1 aromatic carbocycles. The van der Waals surface area contributed by atoms with Gasteiger partial charge in [-0.15, -0.1) is 0 Å². The molecule has 0 bridgehead atoms. The summed E-state index contributed by atoms with van der Waals surface area (Å²) in [5.74, 6) is -1.86. The van der Waals surface area contributed by atoms with Crippen molar-refractivity contribution in [1.29, 1.82) is 0 Å². The monoisotopic (exact) mass is 310 g/mol. The van der Waals surface area contributed by atoms with Gasteiger partial charge in [0, 0.05) is 0 Å². The third-order valence-electron chi connectivity index (χ3n) is 3.11. The van der Waals surface area contributed by atoms with Gasteiger partial charge in [-0.3, -0.25) is 9.59 Å². The van der Waals surface area contributed by atoms with Crippen LogP contribution < -0.4 is 10.9 Å². The highest BCUT2D eigenvalue weighted by molar-refractivity contribution is 5.75. The molecular weight excluding hydrogens is 288 g/mol. The molecule has 0 saturated heterocycles. The van der Waals surface area contributed by atoms with Crippen LogP contribution in [0.3, 0.4) is 0 Å². The third-order valence-corrected chi connectivity index (χ3v) is 3.11. The highest BCUT2D eigenvalue weighted by Gasteiger charge is 2.23. The molecule has 0 amide bonds. The predicted molar refractivity (Wildman–Crippen MR) is 80.4 cm³/mol. The van der Waals surface area contributed by atoms with Gasteiger partial charge in [0.1, 0.15) is 17.8 Å². The number of rotatable bonds is 9. The van der Waals surface area contributed by atoms with Gasteiger partial charge in [-0.05, 0) is 36.5 Å². The Labute approximate surface area is 128 Å². The Balaban J connectivity index is 2.65. The number of phenolic OH excluding ortho intramolecular Hbond substituents is 1. The van der Waals surface area contributed by atoms with E-state index in [0.29, 0.717) is 6.42 Å². The zero-order valence-corrected chi connectivity index (χ0v) is 12.6. The number of carboxylic acid groups (broad SMARTS) is 2. The van der Waals surface area contributed by atoms with Gasteiger partial charge < -0.3 is 15.3 Å². The average molecular weight is 310 g/mol. The first-order valence-electron chi connectivity index (χ1n) is 7.04. The molecular formula is C15H22N2O5. The number of benzene rings is 1. The van der Waals surface area contributed by atoms with E-state index in [1.807, 2.05) is 13.8 Å². The summed E-state index contributed by atoms with van der Waals surface area (Å²) in [6, 6.07) is 4.35. The lowest BCUT2D eigenvalue weighted by Crippen LogP contribution is -2.53. The second-order valence-electron chi connectivity index (χ2n) is 5.57. The number of aliphatic carboxylic acids is 2. The summed E-state index contributed by atoms with van der Waals surface area (Å²) in [6.07, 6.45) is 0.546. The number of hydrogen-bond donors (Lipinski definition) is 5. The van der Waals surface area contributed by atoms with Crippen LogP contribution in [0.4, 0.5) is 0 Å². The SMILES string of the molecule is CC(C)C[C@H](NN[C@@H](Cc1ccc(O)cc1)C(=O)O)C(=O)O. The Kier molecular flexibility index (Phi) is 6.81. The van der Waals surface area contributed by atoms with Crippen LogP contribution in [0, 0.1) is 5.92 Å². The van der Waals surface area contributed by atoms with Crippen molar-refractivity contribution in [3.63, 3.8) is 0 Å². The first-order chi connectivity index (χ1) is 10.3. The lowest BCUT2D eigenvalue weighted by molar-refractivity contribution is -0.143. The van der Waals surface area contributed by atoms with E-state index in [1.54, 1.807) is 12.1 Å². The molecule has 1 rings (SSSR count). The Morgan fingerprint density at radius 1 is 1.00 bits per heavy atom. The summed E-state index contributed by atoms with van der Waals surface area (Å²) in [6.45, 7) is 3.78. The van der Waals surface area contributed by atoms with Gasteiger partial charge in [0.15, 0.2) is 0 Å². The van der Waals surface area contributed by atoms with E-state index in [4.69, 9.17) is 5.11 Å². The smallest absolute Gasteiger partial charge is 0.322 e. The Bertz CT molecular complexity index is 501. The second-order valence-corrected chi connectivity index (χ2v) is 5.57. The molecule has 0 aliphatic carbocycles. The standard InChI is InChI=1S/C15H22N2O5/c1-9(2)7-12(14(19)20)16-17-13(15(21)22)8-10-3-5-11(18)6-4-10/h3-6,9,12-13,16-18H,7-8H2,1-2H3,(H,19,20)(H,21,22)/t12-,13-/m0/s1. The van der Waals surface area contributed by atoms with Gasteiger partial charge in [-0.25, -0.2) is 10.9 Å². The molecule has 0 fully saturated rings. The van der Waals surface area contributed by atoms with Crippen LogP contribution in [0.25, 0.3) is 0 Å². The number of hydrazine groups is 1. The maximum Gasteiger partial charge on any atom is 0.322 e. The minimum Gasteiger partial charge on any atom is -0.508 e. The summed E-state index contributed by atoms with van der Waals surface area (Å²) in [4.78, 5) is 22.4. The quantitative estimate of drug-likeness (QED) is 0.431. The zero-order valence-electron chi connectivity index (χ0n) is 12.6. The molecule has 0 radical (unpaired) electrons. The predicted octanol–water partition coefficient (Wildman–Crippen LogP) is 0.981. The van der Waals surface area contributed by atoms with Crippen LogP contribution in [0.15, 0.2) is 24.3 Å². The van der Waals surface area contributed by atoms with Crippen LogP contribution >= 0.6 is 0 Å². The minimum absolute atomic E-state index is 0.101. The van der Waals surface area contributed by atoms with E-state index < -0.39 is 24.0 Å². The van der Waals surface area contributed by atoms with Crippen LogP contribution in [-0.2, 0) is 16.0 Å². The van der Waals surface area contributed by atoms with E-state index in [1.165, 1.54) is 12.1 Å². The number of carbonyl (C=O) groups is 2. The Morgan fingerprint density at radius 2 is 1.50 bits per heavy atom. The van der Waals surface area contributed by atoms with E-state index in [-0.39, 0.29) is 18.1 Å². The third kappa shape index (κ3) is 6.11. The summed E-state index contributed by atoms with van der Waals surface area (Å²) >= 11 is 0. The first-order valence-corrected chi connectivity index (χ1v) is 7.04. The van der Waals surface area contributed by atoms with Crippen molar-refractivity contribution in [2.24, 2.45) is 5.92 Å². The number of aromatic hydroxyl groups is 1. The van der Waals surface area contributed by atoms with E-state index in [0.717, 1.165) is 5.56 Å². The second kappa shape index (κ2) is 8.35. The van der Waals surface area contributed by atoms with Crippen molar-refractivity contribution >= 4 is 11.9 Å². The zero-order chi connectivity index (χ0) is 16.7. The average Bonchev–Trinajstić information content (AvgIpc) is 2.43. The fraction of sp³-hybridized carbons (Fsp3) is 0.467. The van der Waals surface area contributed by atoms with Gasteiger partial charge in [0.05, 0.1) is 0 Å². The summed E-state index contributed by atoms with van der Waals surface area (Å²) < 4.78 is 0. The van der Waals surface area contributed by atoms with Crippen molar-refractivity contribution < 1.29 is 24.9 Å². The lowest BCUT2D eigenvalue weighted by Gasteiger charge is -2.21. The maximum absolute atomic E-state index is 11.3. The van der Waals surface area contributed by atoms with E-state index in [2.05, 4.69) is 10.9 Å². The fourth-order valence-corrected chi connectivity index (χ4v) is 1.96. The molecule has 122 valence electrons. The minimum atomic E-state index is -1.09. The van der Waals surface area contributed by atoms with Crippen molar-refractivity contribution in [3.8, 4) is 5.75 Å². The van der Waals surface area contributed by atoms with Gasteiger partial charge in [0.2, 0.25) is 0 Å². The molecule has 0 aliphatic rings. The highest BCUT2D eigenvalue weighted by atomic mass is 16.4. The van der Waals surface area contributed by atoms with Crippen LogP contribution in [0.5, 0.6) is 5.75 Å². The van der Waals surface area contributed by atoms with Gasteiger partial charge in [0.25, 0.3) is 0 Å². The molecule has 0 aromatic heterocycles. The van der Waals surface area contributed by atoms with Gasteiger partial charge in [-0.2, -0.15) is 0 Å². The molecule has 22 heavy (non-hydrogen) atoms. The molecule has 0 spiro atoms. The first kappa shape index (κ1) is 17.9. The normalized spacial score (nSPS) is 13.8. The molecule has 0 unspecified atom stereocenters. The molecule has 0 aliphatic heterocycles. The van der Waals surface area contributed by atoms with Gasteiger partial charge >= 0.3 is 11.9 Å². The van der Waals surface area contributed by atoms with Crippen molar-refractivity contribution in [2.45, 2.75) is 38.8 Å². The number of hydrogen-bond acceptors (Lipinski definition) is 5. The Hall–Kier alpha value is -2.12. The van der Waals surface area contributed by atoms with E-state index in [9.17, 15) is 19.8 Å². The Morgan fingerprint density at radius 3 is 1.95 bits per heavy atom. The summed E-state index contributed by atoms with van der Waals surface area (Å²) in [7, 11) is 0. The van der Waals surface area contributed by atoms with Crippen molar-refractivity contribution in [1.82, 2.24) is 10.9 Å². The van der Waals surface area contributed by atoms with Crippen LogP contribution in [0.2, 0.25) is 0 Å². The largest absolute Gasteiger partial charge is 0.508 e. The number of nitrogens with one attached hydrogen (secondary N) is 2. The topological polar surface area (TPSA) is 119 Å². The summed E-state index contributed by atoms with van der Waals surface area (Å²) in [5.41, 5.74) is 5.88. The molecule has 5 N–H and O–H groups in total. The lowest BCUT2D eigenvalue weighted by atomic mass is 10.0. The molecule has 0 heterocycles. The maximum atomic E-state index is 11.3. The molecule has 7 heteroatoms. The molecule has 0 saturated carbocycles. The van der Waals surface area contributed by atoms with Crippen molar-refractivity contribution in [2.75, 3.05) is 0 Å². The molecule has 1 aromatic rings. The van der Waals surface area contributed by atoms with Crippen LogP contribution in [0.1, 0.15) is 25.8 Å². The summed E-state index contributed by atoms with van der Waals surface area (Å²) in [5, 5.41) is 27.6. The van der Waals surface area contributed by atoms with Crippen LogP contribution in [-0.4, -0.2) is 39.3 Å². The number of phenols is 1. The van der Waals surface area contributed by atoms with E-state index >= 15 is 0 Å². The fourth-order valence-electron chi connectivity index (χ4n) is 1.96. The van der Waals surface area contributed by atoms with Crippen molar-refractivity contribution in [3.05, 3.63) is 29.8 Å². The highest BCUT2D eigenvalue weighted by Crippen LogP contribution is 2.11. The van der Waals surface area contributed by atoms with Gasteiger partial charge in [-0.1, -0.05) is 26.0 Å². The molecule has 2 atom stereocenters. The number of carboxylic acids is 2.